The number of aromatic nitrogens is 1. The summed E-state index contributed by atoms with van der Waals surface area (Å²) in [5.74, 6) is 4.42. The number of hydrogen-bond donors (Lipinski definition) is 1. The van der Waals surface area contributed by atoms with Gasteiger partial charge in [-0.1, -0.05) is 30.2 Å². The third-order valence-electron chi connectivity index (χ3n) is 4.03. The molecule has 1 fully saturated rings. The summed E-state index contributed by atoms with van der Waals surface area (Å²) in [4.78, 5) is 6.74. The molecule has 0 radical (unpaired) electrons. The van der Waals surface area contributed by atoms with Crippen molar-refractivity contribution in [1.29, 1.82) is 0 Å². The van der Waals surface area contributed by atoms with Crippen LogP contribution in [-0.2, 0) is 6.54 Å². The van der Waals surface area contributed by atoms with Crippen LogP contribution in [0.3, 0.4) is 0 Å². The van der Waals surface area contributed by atoms with E-state index in [1.165, 1.54) is 0 Å². The van der Waals surface area contributed by atoms with E-state index >= 15 is 0 Å². The predicted octanol–water partition coefficient (Wildman–Crippen LogP) is 2.46. The molecule has 0 unspecified atom stereocenters. The predicted molar refractivity (Wildman–Crippen MR) is 92.5 cm³/mol. The Morgan fingerprint density at radius 1 is 1.26 bits per heavy atom. The van der Waals surface area contributed by atoms with Gasteiger partial charge in [0.15, 0.2) is 0 Å². The molecule has 1 atom stereocenters. The van der Waals surface area contributed by atoms with Gasteiger partial charge in [-0.3, -0.25) is 0 Å². The van der Waals surface area contributed by atoms with Gasteiger partial charge >= 0.3 is 0 Å². The summed E-state index contributed by atoms with van der Waals surface area (Å²) in [6.45, 7) is 3.09. The second kappa shape index (κ2) is 7.66. The fourth-order valence-electron chi connectivity index (χ4n) is 2.84. The van der Waals surface area contributed by atoms with Gasteiger partial charge in [0.05, 0.1) is 0 Å². The molecule has 0 aliphatic carbocycles. The van der Waals surface area contributed by atoms with Gasteiger partial charge in [-0.05, 0) is 24.6 Å². The Morgan fingerprint density at radius 2 is 2.13 bits per heavy atom. The molecule has 4 heteroatoms. The first kappa shape index (κ1) is 15.4. The summed E-state index contributed by atoms with van der Waals surface area (Å²) in [6.07, 6.45) is 8.23. The second-order valence-corrected chi connectivity index (χ2v) is 5.60. The van der Waals surface area contributed by atoms with E-state index in [-0.39, 0.29) is 0 Å². The zero-order valence-electron chi connectivity index (χ0n) is 13.1. The molecular weight excluding hydrogens is 286 g/mol. The molecular formula is C19H21N3O. The second-order valence-electron chi connectivity index (χ2n) is 5.60. The van der Waals surface area contributed by atoms with Gasteiger partial charge in [0.25, 0.3) is 0 Å². The van der Waals surface area contributed by atoms with Gasteiger partial charge in [0, 0.05) is 37.4 Å². The number of nitrogens with one attached hydrogen (secondary N) is 1. The van der Waals surface area contributed by atoms with E-state index in [1.807, 2.05) is 36.5 Å². The van der Waals surface area contributed by atoms with Crippen LogP contribution in [0.4, 0.5) is 5.82 Å². The summed E-state index contributed by atoms with van der Waals surface area (Å²) in [7, 11) is 0. The quantitative estimate of drug-likeness (QED) is 0.832. The lowest BCUT2D eigenvalue weighted by Crippen LogP contribution is -2.32. The molecule has 118 valence electrons. The smallest absolute Gasteiger partial charge is 0.148 e. The fraction of sp³-hybridized carbons (Fsp3) is 0.316. The monoisotopic (exact) mass is 307 g/mol. The third kappa shape index (κ3) is 4.02. The minimum Gasteiger partial charge on any atom is -0.481 e. The van der Waals surface area contributed by atoms with E-state index in [0.29, 0.717) is 12.6 Å². The standard InChI is InChI=1S/C19H21N3O/c1-2-13-23-18-8-4-3-7-16(18)14-21-17-10-12-22(15-17)19-9-5-6-11-20-19/h1,3-9,11,17,21H,10,12-15H2/t17-/m1/s1. The molecule has 1 N–H and O–H groups in total. The Balaban J connectivity index is 1.55. The Bertz CT molecular complexity index is 666. The molecule has 0 bridgehead atoms. The molecule has 2 heterocycles. The van der Waals surface area contributed by atoms with E-state index in [4.69, 9.17) is 11.2 Å². The molecule has 0 amide bonds. The molecule has 1 aromatic heterocycles. The van der Waals surface area contributed by atoms with Crippen LogP contribution in [0.25, 0.3) is 0 Å². The van der Waals surface area contributed by atoms with Crippen molar-refractivity contribution in [3.63, 3.8) is 0 Å². The van der Waals surface area contributed by atoms with Crippen LogP contribution in [-0.4, -0.2) is 30.7 Å². The van der Waals surface area contributed by atoms with E-state index in [1.54, 1.807) is 0 Å². The van der Waals surface area contributed by atoms with Gasteiger partial charge in [0.1, 0.15) is 18.2 Å². The normalized spacial score (nSPS) is 17.0. The van der Waals surface area contributed by atoms with E-state index in [2.05, 4.69) is 33.3 Å². The lowest BCUT2D eigenvalue weighted by molar-refractivity contribution is 0.363. The molecule has 2 aromatic rings. The minimum absolute atomic E-state index is 0.300. The maximum absolute atomic E-state index is 5.60. The van der Waals surface area contributed by atoms with Crippen LogP contribution in [0.15, 0.2) is 48.7 Å². The number of anilines is 1. The summed E-state index contributed by atoms with van der Waals surface area (Å²) in [6, 6.07) is 14.5. The highest BCUT2D eigenvalue weighted by molar-refractivity contribution is 5.39. The Hall–Kier alpha value is -2.51. The third-order valence-corrected chi connectivity index (χ3v) is 4.03. The van der Waals surface area contributed by atoms with Crippen LogP contribution in [0.1, 0.15) is 12.0 Å². The SMILES string of the molecule is C#CCOc1ccccc1CN[C@@H]1CCN(c2ccccn2)C1. The maximum atomic E-state index is 5.60. The first-order valence-electron chi connectivity index (χ1n) is 7.90. The van der Waals surface area contributed by atoms with E-state index in [0.717, 1.165) is 43.2 Å². The van der Waals surface area contributed by atoms with Crippen molar-refractivity contribution in [2.45, 2.75) is 19.0 Å². The first-order chi connectivity index (χ1) is 11.4. The number of benzene rings is 1. The topological polar surface area (TPSA) is 37.4 Å². The van der Waals surface area contributed by atoms with Crippen LogP contribution >= 0.6 is 0 Å². The number of pyridine rings is 1. The van der Waals surface area contributed by atoms with Gasteiger partial charge < -0.3 is 15.0 Å². The van der Waals surface area contributed by atoms with Gasteiger partial charge in [-0.15, -0.1) is 6.42 Å². The van der Waals surface area contributed by atoms with Crippen LogP contribution in [0, 0.1) is 12.3 Å². The van der Waals surface area contributed by atoms with Crippen LogP contribution < -0.4 is 15.0 Å². The summed E-state index contributed by atoms with van der Waals surface area (Å²) in [5, 5.41) is 3.61. The van der Waals surface area contributed by atoms with Crippen LogP contribution in [0.5, 0.6) is 5.75 Å². The van der Waals surface area contributed by atoms with Gasteiger partial charge in [0.2, 0.25) is 0 Å². The highest BCUT2D eigenvalue weighted by atomic mass is 16.5. The number of ether oxygens (including phenoxy) is 1. The van der Waals surface area contributed by atoms with Crippen molar-refractivity contribution in [2.24, 2.45) is 0 Å². The molecule has 3 rings (SSSR count). The van der Waals surface area contributed by atoms with Crippen molar-refractivity contribution in [2.75, 3.05) is 24.6 Å². The Morgan fingerprint density at radius 3 is 2.96 bits per heavy atom. The summed E-state index contributed by atoms with van der Waals surface area (Å²) >= 11 is 0. The number of terminal acetylenes is 1. The molecule has 1 saturated heterocycles. The average Bonchev–Trinajstić information content (AvgIpc) is 3.08. The molecule has 4 nitrogen and oxygen atoms in total. The molecule has 1 aromatic carbocycles. The number of rotatable bonds is 6. The summed E-state index contributed by atoms with van der Waals surface area (Å²) in [5.41, 5.74) is 1.14. The maximum Gasteiger partial charge on any atom is 0.148 e. The molecule has 23 heavy (non-hydrogen) atoms. The largest absolute Gasteiger partial charge is 0.481 e. The lowest BCUT2D eigenvalue weighted by Gasteiger charge is -2.18. The lowest BCUT2D eigenvalue weighted by atomic mass is 10.2. The van der Waals surface area contributed by atoms with Crippen molar-refractivity contribution >= 4 is 5.82 Å². The van der Waals surface area contributed by atoms with E-state index in [9.17, 15) is 0 Å². The number of para-hydroxylation sites is 1. The molecule has 1 aliphatic rings. The van der Waals surface area contributed by atoms with E-state index < -0.39 is 0 Å². The minimum atomic E-state index is 0.300. The van der Waals surface area contributed by atoms with Crippen molar-refractivity contribution < 1.29 is 4.74 Å². The zero-order valence-corrected chi connectivity index (χ0v) is 13.1. The van der Waals surface area contributed by atoms with Crippen LogP contribution in [0.2, 0.25) is 0 Å². The molecule has 0 spiro atoms. The van der Waals surface area contributed by atoms with Crippen molar-refractivity contribution in [3.8, 4) is 18.1 Å². The fourth-order valence-corrected chi connectivity index (χ4v) is 2.84. The highest BCUT2D eigenvalue weighted by Gasteiger charge is 2.23. The van der Waals surface area contributed by atoms with Gasteiger partial charge in [-0.2, -0.15) is 0 Å². The summed E-state index contributed by atoms with van der Waals surface area (Å²) < 4.78 is 5.60. The Labute approximate surface area is 137 Å². The van der Waals surface area contributed by atoms with Crippen molar-refractivity contribution in [3.05, 3.63) is 54.2 Å². The first-order valence-corrected chi connectivity index (χ1v) is 7.90. The van der Waals surface area contributed by atoms with Crippen molar-refractivity contribution in [1.82, 2.24) is 10.3 Å². The number of nitrogens with zero attached hydrogens (tertiary/aromatic N) is 2. The average molecular weight is 307 g/mol. The molecule has 1 aliphatic heterocycles. The Kier molecular flexibility index (Phi) is 5.13. The molecule has 0 saturated carbocycles. The van der Waals surface area contributed by atoms with Gasteiger partial charge in [-0.25, -0.2) is 4.98 Å². The zero-order chi connectivity index (χ0) is 15.9. The number of hydrogen-bond acceptors (Lipinski definition) is 4. The highest BCUT2D eigenvalue weighted by Crippen LogP contribution is 2.20.